The molecule has 3 aromatic heterocycles. The van der Waals surface area contributed by atoms with E-state index in [9.17, 15) is 4.79 Å². The summed E-state index contributed by atoms with van der Waals surface area (Å²) in [6, 6.07) is 7.91. The maximum absolute atomic E-state index is 12.0. The van der Waals surface area contributed by atoms with Gasteiger partial charge in [0.1, 0.15) is 17.5 Å². The maximum Gasteiger partial charge on any atom is 0.254 e. The highest BCUT2D eigenvalue weighted by Gasteiger charge is 2.22. The molecule has 0 aliphatic carbocycles. The van der Waals surface area contributed by atoms with Crippen molar-refractivity contribution in [2.45, 2.75) is 46.4 Å². The van der Waals surface area contributed by atoms with E-state index in [0.717, 1.165) is 41.5 Å². The topological polar surface area (TPSA) is 96.0 Å². The van der Waals surface area contributed by atoms with Gasteiger partial charge in [0.15, 0.2) is 0 Å². The van der Waals surface area contributed by atoms with Gasteiger partial charge in [0.25, 0.3) is 5.56 Å². The van der Waals surface area contributed by atoms with E-state index < -0.39 is 0 Å². The second kappa shape index (κ2) is 8.85. The van der Waals surface area contributed by atoms with Gasteiger partial charge in [-0.25, -0.2) is 15.0 Å². The van der Waals surface area contributed by atoms with Gasteiger partial charge < -0.3 is 19.9 Å². The van der Waals surface area contributed by atoms with Crippen molar-refractivity contribution in [3.8, 4) is 11.4 Å². The molecular weight excluding hydrogens is 392 g/mol. The van der Waals surface area contributed by atoms with E-state index in [1.54, 1.807) is 13.1 Å². The molecule has 0 aromatic carbocycles. The van der Waals surface area contributed by atoms with E-state index in [0.29, 0.717) is 17.9 Å². The molecule has 0 bridgehead atoms. The molecule has 0 radical (unpaired) electrons. The van der Waals surface area contributed by atoms with Crippen molar-refractivity contribution in [1.29, 1.82) is 0 Å². The van der Waals surface area contributed by atoms with Crippen molar-refractivity contribution in [2.75, 3.05) is 23.3 Å². The van der Waals surface area contributed by atoms with Crippen LogP contribution in [0.5, 0.6) is 0 Å². The fourth-order valence-electron chi connectivity index (χ4n) is 3.69. The Morgan fingerprint density at radius 2 is 1.87 bits per heavy atom. The smallest absolute Gasteiger partial charge is 0.254 e. The standard InChI is InChI=1S/C23H28N6O2/c1-14-12-29(13-15(2)31-14)21-8-5-18(10-26-21)9-24-20-7-6-19(11-25-20)22-27-17(4)16(3)23(30)28-22/h5-8,10-11,14-15H,9,12-13H2,1-4H3,(H,24,25)(H,27,28,30). The number of H-pyrrole nitrogens is 1. The van der Waals surface area contributed by atoms with Crippen LogP contribution in [-0.2, 0) is 11.3 Å². The lowest BCUT2D eigenvalue weighted by Crippen LogP contribution is -2.45. The molecule has 3 aromatic rings. The number of aromatic nitrogens is 4. The van der Waals surface area contributed by atoms with Crippen LogP contribution in [0.2, 0.25) is 0 Å². The van der Waals surface area contributed by atoms with Gasteiger partial charge in [0, 0.05) is 48.8 Å². The molecule has 1 aliphatic heterocycles. The quantitative estimate of drug-likeness (QED) is 0.655. The highest BCUT2D eigenvalue weighted by atomic mass is 16.5. The predicted octanol–water partition coefficient (Wildman–Crippen LogP) is 3.07. The third kappa shape index (κ3) is 4.91. The first kappa shape index (κ1) is 21.0. The Balaban J connectivity index is 1.38. The Kier molecular flexibility index (Phi) is 5.99. The summed E-state index contributed by atoms with van der Waals surface area (Å²) in [7, 11) is 0. The lowest BCUT2D eigenvalue weighted by molar-refractivity contribution is -0.00545. The molecule has 1 aliphatic rings. The molecule has 2 atom stereocenters. The van der Waals surface area contributed by atoms with Gasteiger partial charge in [-0.3, -0.25) is 4.79 Å². The molecule has 31 heavy (non-hydrogen) atoms. The number of anilines is 2. The number of aryl methyl sites for hydroxylation is 1. The number of aromatic amines is 1. The van der Waals surface area contributed by atoms with Crippen molar-refractivity contribution in [3.63, 3.8) is 0 Å². The zero-order valence-electron chi connectivity index (χ0n) is 18.3. The van der Waals surface area contributed by atoms with Crippen LogP contribution in [0.3, 0.4) is 0 Å². The van der Waals surface area contributed by atoms with Crippen molar-refractivity contribution >= 4 is 11.6 Å². The monoisotopic (exact) mass is 420 g/mol. The molecule has 1 fully saturated rings. The Morgan fingerprint density at radius 3 is 2.48 bits per heavy atom. The average Bonchev–Trinajstić information content (AvgIpc) is 2.76. The van der Waals surface area contributed by atoms with E-state index in [2.05, 4.69) is 56.1 Å². The van der Waals surface area contributed by atoms with Gasteiger partial charge in [0.05, 0.1) is 12.2 Å². The van der Waals surface area contributed by atoms with Crippen LogP contribution in [0.4, 0.5) is 11.6 Å². The molecule has 0 spiro atoms. The first-order valence-electron chi connectivity index (χ1n) is 10.5. The van der Waals surface area contributed by atoms with Gasteiger partial charge >= 0.3 is 0 Å². The van der Waals surface area contributed by atoms with Gasteiger partial charge in [-0.05, 0) is 51.5 Å². The number of ether oxygens (including phenoxy) is 1. The summed E-state index contributed by atoms with van der Waals surface area (Å²) in [5, 5.41) is 3.31. The summed E-state index contributed by atoms with van der Waals surface area (Å²) in [5.41, 5.74) is 3.07. The minimum absolute atomic E-state index is 0.123. The predicted molar refractivity (Wildman–Crippen MR) is 121 cm³/mol. The first-order chi connectivity index (χ1) is 14.9. The summed E-state index contributed by atoms with van der Waals surface area (Å²) in [5.74, 6) is 2.25. The van der Waals surface area contributed by atoms with E-state index >= 15 is 0 Å². The molecule has 4 rings (SSSR count). The van der Waals surface area contributed by atoms with Crippen molar-refractivity contribution in [3.05, 3.63) is 63.8 Å². The number of rotatable bonds is 5. The number of pyridine rings is 2. The van der Waals surface area contributed by atoms with Crippen molar-refractivity contribution in [1.82, 2.24) is 19.9 Å². The van der Waals surface area contributed by atoms with Gasteiger partial charge in [-0.15, -0.1) is 0 Å². The molecule has 0 amide bonds. The van der Waals surface area contributed by atoms with E-state index in [4.69, 9.17) is 4.74 Å². The van der Waals surface area contributed by atoms with E-state index in [1.165, 1.54) is 0 Å². The van der Waals surface area contributed by atoms with Gasteiger partial charge in [-0.1, -0.05) is 6.07 Å². The number of nitrogens with zero attached hydrogens (tertiary/aromatic N) is 4. The minimum atomic E-state index is -0.123. The van der Waals surface area contributed by atoms with Crippen molar-refractivity contribution in [2.24, 2.45) is 0 Å². The second-order valence-corrected chi connectivity index (χ2v) is 8.10. The summed E-state index contributed by atoms with van der Waals surface area (Å²) in [6.07, 6.45) is 4.01. The molecule has 2 unspecified atom stereocenters. The molecular formula is C23H28N6O2. The van der Waals surface area contributed by atoms with Crippen LogP contribution >= 0.6 is 0 Å². The molecule has 8 heteroatoms. The summed E-state index contributed by atoms with van der Waals surface area (Å²) >= 11 is 0. The van der Waals surface area contributed by atoms with E-state index in [1.807, 2.05) is 25.3 Å². The number of hydrogen-bond donors (Lipinski definition) is 2. The first-order valence-corrected chi connectivity index (χ1v) is 10.5. The largest absolute Gasteiger partial charge is 0.372 e. The van der Waals surface area contributed by atoms with Crippen LogP contribution in [0, 0.1) is 13.8 Å². The molecule has 4 heterocycles. The summed E-state index contributed by atoms with van der Waals surface area (Å²) < 4.78 is 5.79. The molecule has 0 saturated carbocycles. The fourth-order valence-corrected chi connectivity index (χ4v) is 3.69. The summed E-state index contributed by atoms with van der Waals surface area (Å²) in [4.78, 5) is 30.6. The maximum atomic E-state index is 12.0. The van der Waals surface area contributed by atoms with Crippen LogP contribution in [0.1, 0.15) is 30.7 Å². The average molecular weight is 421 g/mol. The highest BCUT2D eigenvalue weighted by Crippen LogP contribution is 2.19. The van der Waals surface area contributed by atoms with Crippen LogP contribution in [0.15, 0.2) is 41.5 Å². The van der Waals surface area contributed by atoms with Crippen LogP contribution in [0.25, 0.3) is 11.4 Å². The van der Waals surface area contributed by atoms with Crippen molar-refractivity contribution < 1.29 is 4.74 Å². The Bertz CT molecular complexity index is 1080. The minimum Gasteiger partial charge on any atom is -0.372 e. The third-order valence-corrected chi connectivity index (χ3v) is 5.46. The van der Waals surface area contributed by atoms with Crippen LogP contribution < -0.4 is 15.8 Å². The van der Waals surface area contributed by atoms with E-state index in [-0.39, 0.29) is 17.8 Å². The van der Waals surface area contributed by atoms with Gasteiger partial charge in [0.2, 0.25) is 0 Å². The molecule has 8 nitrogen and oxygen atoms in total. The Hall–Kier alpha value is -3.26. The summed E-state index contributed by atoms with van der Waals surface area (Å²) in [6.45, 7) is 10.1. The normalized spacial score (nSPS) is 18.8. The van der Waals surface area contributed by atoms with Gasteiger partial charge in [-0.2, -0.15) is 0 Å². The number of nitrogens with one attached hydrogen (secondary N) is 2. The highest BCUT2D eigenvalue weighted by molar-refractivity contribution is 5.56. The Labute approximate surface area is 181 Å². The lowest BCUT2D eigenvalue weighted by Gasteiger charge is -2.36. The fraction of sp³-hybridized carbons (Fsp3) is 0.391. The molecule has 1 saturated heterocycles. The molecule has 2 N–H and O–H groups in total. The lowest BCUT2D eigenvalue weighted by atomic mass is 10.2. The second-order valence-electron chi connectivity index (χ2n) is 8.10. The number of morpholine rings is 1. The van der Waals surface area contributed by atoms with Crippen LogP contribution in [-0.4, -0.2) is 45.2 Å². The SMILES string of the molecule is Cc1nc(-c2ccc(NCc3ccc(N4CC(C)OC(C)C4)nc3)nc2)[nH]c(=O)c1C. The number of hydrogen-bond acceptors (Lipinski definition) is 7. The Morgan fingerprint density at radius 1 is 1.10 bits per heavy atom. The zero-order valence-corrected chi connectivity index (χ0v) is 18.3. The molecule has 162 valence electrons. The zero-order chi connectivity index (χ0) is 22.0. The third-order valence-electron chi connectivity index (χ3n) is 5.46.